The van der Waals surface area contributed by atoms with Crippen LogP contribution in [0.1, 0.15) is 58.9 Å². The van der Waals surface area contributed by atoms with E-state index < -0.39 is 6.04 Å². The van der Waals surface area contributed by atoms with Crippen LogP contribution in [0.2, 0.25) is 0 Å². The molecule has 36 heavy (non-hydrogen) atoms. The van der Waals surface area contributed by atoms with Crippen LogP contribution in [-0.4, -0.2) is 65.8 Å². The Morgan fingerprint density at radius 1 is 1.00 bits per heavy atom. The number of benzene rings is 2. The molecular formula is C28H31N3O5. The fourth-order valence-electron chi connectivity index (χ4n) is 5.55. The zero-order valence-corrected chi connectivity index (χ0v) is 20.5. The van der Waals surface area contributed by atoms with Gasteiger partial charge in [0.2, 0.25) is 5.91 Å². The molecule has 0 aromatic heterocycles. The molecule has 8 nitrogen and oxygen atoms in total. The molecule has 0 spiro atoms. The van der Waals surface area contributed by atoms with E-state index in [1.165, 1.54) is 0 Å². The van der Waals surface area contributed by atoms with Crippen LogP contribution in [0.4, 0.5) is 5.69 Å². The first-order chi connectivity index (χ1) is 17.5. The lowest BCUT2D eigenvalue weighted by Crippen LogP contribution is -2.44. The molecule has 2 unspecified atom stereocenters. The second-order valence-electron chi connectivity index (χ2n) is 9.64. The number of carbonyl (C=O) groups excluding carboxylic acids is 4. The normalized spacial score (nSPS) is 21.6. The molecule has 2 aromatic rings. The summed E-state index contributed by atoms with van der Waals surface area (Å²) in [5.74, 6) is -0.878. The van der Waals surface area contributed by atoms with E-state index in [0.717, 1.165) is 24.8 Å². The van der Waals surface area contributed by atoms with E-state index in [4.69, 9.17) is 4.74 Å². The fourth-order valence-corrected chi connectivity index (χ4v) is 5.55. The molecule has 2 aromatic carbocycles. The predicted molar refractivity (Wildman–Crippen MR) is 133 cm³/mol. The molecule has 0 N–H and O–H groups in total. The van der Waals surface area contributed by atoms with E-state index in [1.54, 1.807) is 33.8 Å². The summed E-state index contributed by atoms with van der Waals surface area (Å²) in [4.78, 5) is 57.4. The number of esters is 1. The molecule has 5 rings (SSSR count). The van der Waals surface area contributed by atoms with Gasteiger partial charge in [0.1, 0.15) is 6.04 Å². The number of anilines is 1. The summed E-state index contributed by atoms with van der Waals surface area (Å²) in [7, 11) is 0. The van der Waals surface area contributed by atoms with Gasteiger partial charge in [0, 0.05) is 25.2 Å². The van der Waals surface area contributed by atoms with Gasteiger partial charge in [0.05, 0.1) is 30.3 Å². The molecule has 0 bridgehead atoms. The van der Waals surface area contributed by atoms with Crippen molar-refractivity contribution in [3.8, 4) is 0 Å². The van der Waals surface area contributed by atoms with Crippen molar-refractivity contribution >= 4 is 29.4 Å². The molecule has 3 aliphatic rings. The highest BCUT2D eigenvalue weighted by Gasteiger charge is 2.41. The number of likely N-dealkylation sites (tertiary alicyclic amines) is 1. The van der Waals surface area contributed by atoms with Crippen molar-refractivity contribution in [3.05, 3.63) is 65.2 Å². The van der Waals surface area contributed by atoms with Gasteiger partial charge in [0.25, 0.3) is 11.8 Å². The number of rotatable bonds is 5. The third-order valence-corrected chi connectivity index (χ3v) is 7.33. The van der Waals surface area contributed by atoms with Gasteiger partial charge in [-0.1, -0.05) is 24.3 Å². The average molecular weight is 490 g/mol. The van der Waals surface area contributed by atoms with Gasteiger partial charge in [-0.25, -0.2) is 0 Å². The van der Waals surface area contributed by atoms with Gasteiger partial charge in [-0.2, -0.15) is 0 Å². The monoisotopic (exact) mass is 489 g/mol. The smallest absolute Gasteiger partial charge is 0.310 e. The third kappa shape index (κ3) is 4.47. The molecule has 2 atom stereocenters. The molecule has 3 heterocycles. The SMILES string of the molecule is CCOC(=O)C1CCCN(C(=O)c2cccc(CN3C(=O)C4CCCN4C(=O)c4ccccc43)c2)C1. The molecule has 3 aliphatic heterocycles. The van der Waals surface area contributed by atoms with Crippen LogP contribution in [0.25, 0.3) is 0 Å². The van der Waals surface area contributed by atoms with Gasteiger partial charge in [-0.15, -0.1) is 0 Å². The topological polar surface area (TPSA) is 87.2 Å². The van der Waals surface area contributed by atoms with E-state index in [-0.39, 0.29) is 36.2 Å². The number of para-hydroxylation sites is 1. The number of piperidine rings is 1. The van der Waals surface area contributed by atoms with Crippen LogP contribution < -0.4 is 4.90 Å². The number of hydrogen-bond acceptors (Lipinski definition) is 5. The maximum Gasteiger partial charge on any atom is 0.310 e. The van der Waals surface area contributed by atoms with Crippen molar-refractivity contribution in [2.24, 2.45) is 5.92 Å². The van der Waals surface area contributed by atoms with Crippen molar-refractivity contribution in [1.29, 1.82) is 0 Å². The van der Waals surface area contributed by atoms with Gasteiger partial charge in [-0.05, 0) is 62.4 Å². The number of hydrogen-bond donors (Lipinski definition) is 0. The lowest BCUT2D eigenvalue weighted by molar-refractivity contribution is -0.149. The highest BCUT2D eigenvalue weighted by atomic mass is 16.5. The molecule has 0 saturated carbocycles. The Labute approximate surface area is 210 Å². The maximum absolute atomic E-state index is 13.6. The summed E-state index contributed by atoms with van der Waals surface area (Å²) >= 11 is 0. The maximum atomic E-state index is 13.6. The molecule has 8 heteroatoms. The number of fused-ring (bicyclic) bond motifs is 2. The number of carbonyl (C=O) groups is 4. The van der Waals surface area contributed by atoms with Crippen LogP contribution >= 0.6 is 0 Å². The molecule has 2 saturated heterocycles. The van der Waals surface area contributed by atoms with Gasteiger partial charge < -0.3 is 19.4 Å². The van der Waals surface area contributed by atoms with Crippen molar-refractivity contribution in [3.63, 3.8) is 0 Å². The van der Waals surface area contributed by atoms with E-state index in [1.807, 2.05) is 36.4 Å². The first kappa shape index (κ1) is 24.0. The van der Waals surface area contributed by atoms with E-state index in [9.17, 15) is 19.2 Å². The molecular weight excluding hydrogens is 458 g/mol. The van der Waals surface area contributed by atoms with Crippen LogP contribution in [0.5, 0.6) is 0 Å². The molecule has 0 aliphatic carbocycles. The quantitative estimate of drug-likeness (QED) is 0.602. The minimum absolute atomic E-state index is 0.0872. The predicted octanol–water partition coefficient (Wildman–Crippen LogP) is 3.25. The van der Waals surface area contributed by atoms with Crippen molar-refractivity contribution in [1.82, 2.24) is 9.80 Å². The first-order valence-electron chi connectivity index (χ1n) is 12.7. The second kappa shape index (κ2) is 10.1. The Hall–Kier alpha value is -3.68. The van der Waals surface area contributed by atoms with Crippen molar-refractivity contribution in [2.45, 2.75) is 45.2 Å². The van der Waals surface area contributed by atoms with E-state index in [2.05, 4.69) is 0 Å². The van der Waals surface area contributed by atoms with Crippen LogP contribution in [0.15, 0.2) is 48.5 Å². The zero-order chi connectivity index (χ0) is 25.2. The lowest BCUT2D eigenvalue weighted by atomic mass is 9.97. The van der Waals surface area contributed by atoms with Crippen LogP contribution in [0.3, 0.4) is 0 Å². The van der Waals surface area contributed by atoms with Gasteiger partial charge in [-0.3, -0.25) is 19.2 Å². The Bertz CT molecular complexity index is 1200. The van der Waals surface area contributed by atoms with Crippen LogP contribution in [-0.2, 0) is 20.9 Å². The summed E-state index contributed by atoms with van der Waals surface area (Å²) in [6.07, 6.45) is 2.94. The summed E-state index contributed by atoms with van der Waals surface area (Å²) in [6.45, 7) is 3.90. The van der Waals surface area contributed by atoms with Crippen molar-refractivity contribution < 1.29 is 23.9 Å². The van der Waals surface area contributed by atoms with E-state index >= 15 is 0 Å². The first-order valence-corrected chi connectivity index (χ1v) is 12.7. The lowest BCUT2D eigenvalue weighted by Gasteiger charge is -2.31. The Kier molecular flexibility index (Phi) is 6.76. The Morgan fingerprint density at radius 3 is 2.64 bits per heavy atom. The zero-order valence-electron chi connectivity index (χ0n) is 20.5. The molecule has 2 fully saturated rings. The molecule has 0 radical (unpaired) electrons. The van der Waals surface area contributed by atoms with Gasteiger partial charge in [0.15, 0.2) is 0 Å². The average Bonchev–Trinajstić information content (AvgIpc) is 3.38. The standard InChI is InChI=1S/C28H31N3O5/c1-2-36-28(35)21-10-6-14-29(18-21)25(32)20-9-5-8-19(16-20)17-31-23-12-4-3-11-22(23)26(33)30-15-7-13-24(30)27(31)34/h3-5,8-9,11-12,16,21,24H,2,6-7,10,13-15,17-18H2,1H3. The summed E-state index contributed by atoms with van der Waals surface area (Å²) in [5, 5.41) is 0. The second-order valence-corrected chi connectivity index (χ2v) is 9.64. The molecule has 188 valence electrons. The third-order valence-electron chi connectivity index (χ3n) is 7.33. The molecule has 3 amide bonds. The van der Waals surface area contributed by atoms with Crippen molar-refractivity contribution in [2.75, 3.05) is 31.1 Å². The minimum Gasteiger partial charge on any atom is -0.466 e. The number of ether oxygens (including phenoxy) is 1. The summed E-state index contributed by atoms with van der Waals surface area (Å²) in [5.41, 5.74) is 2.46. The van der Waals surface area contributed by atoms with Crippen LogP contribution in [0, 0.1) is 5.92 Å². The summed E-state index contributed by atoms with van der Waals surface area (Å²) in [6, 6.07) is 14.1. The largest absolute Gasteiger partial charge is 0.466 e. The highest BCUT2D eigenvalue weighted by molar-refractivity contribution is 6.11. The Balaban J connectivity index is 1.38. The highest BCUT2D eigenvalue weighted by Crippen LogP contribution is 2.33. The van der Waals surface area contributed by atoms with Gasteiger partial charge >= 0.3 is 5.97 Å². The number of nitrogens with zero attached hydrogens (tertiary/aromatic N) is 3. The van der Waals surface area contributed by atoms with E-state index in [0.29, 0.717) is 49.5 Å². The fraction of sp³-hybridized carbons (Fsp3) is 0.429. The minimum atomic E-state index is -0.456. The Morgan fingerprint density at radius 2 is 1.81 bits per heavy atom. The summed E-state index contributed by atoms with van der Waals surface area (Å²) < 4.78 is 5.16. The number of amides is 3.